The van der Waals surface area contributed by atoms with Crippen molar-refractivity contribution in [2.24, 2.45) is 0 Å². The van der Waals surface area contributed by atoms with Gasteiger partial charge in [0.15, 0.2) is 0 Å². The van der Waals surface area contributed by atoms with Gasteiger partial charge in [0.2, 0.25) is 0 Å². The van der Waals surface area contributed by atoms with Crippen LogP contribution in [0.5, 0.6) is 5.75 Å². The zero-order valence-electron chi connectivity index (χ0n) is 11.4. The Morgan fingerprint density at radius 2 is 2.11 bits per heavy atom. The van der Waals surface area contributed by atoms with E-state index in [2.05, 4.69) is 21.2 Å². The molecule has 1 rings (SSSR count). The molecule has 0 heterocycles. The number of benzene rings is 1. The summed E-state index contributed by atoms with van der Waals surface area (Å²) in [6, 6.07) is 5.89. The second-order valence-electron chi connectivity index (χ2n) is 4.50. The number of sulfone groups is 1. The van der Waals surface area contributed by atoms with Crippen molar-refractivity contribution < 1.29 is 13.2 Å². The van der Waals surface area contributed by atoms with E-state index in [1.165, 1.54) is 6.26 Å². The van der Waals surface area contributed by atoms with E-state index >= 15 is 0 Å². The molecular weight excluding hydrogens is 330 g/mol. The average Bonchev–Trinajstić information content (AvgIpc) is 2.34. The molecule has 0 aliphatic rings. The fraction of sp³-hybridized carbons (Fsp3) is 0.538. The minimum atomic E-state index is -2.90. The van der Waals surface area contributed by atoms with Gasteiger partial charge in [-0.2, -0.15) is 0 Å². The molecule has 0 aromatic heterocycles. The summed E-state index contributed by atoms with van der Waals surface area (Å²) in [6.07, 6.45) is 2.66. The zero-order chi connectivity index (χ0) is 14.5. The van der Waals surface area contributed by atoms with Crippen molar-refractivity contribution in [1.82, 2.24) is 5.32 Å². The molecule has 0 fully saturated rings. The molecular formula is C13H20BrNO3S. The topological polar surface area (TPSA) is 55.4 Å². The van der Waals surface area contributed by atoms with Gasteiger partial charge in [0.25, 0.3) is 0 Å². The SMILES string of the molecule is CNC(CCCS(C)(=O)=O)c1cc(OC)ccc1Br. The smallest absolute Gasteiger partial charge is 0.147 e. The van der Waals surface area contributed by atoms with Crippen LogP contribution < -0.4 is 10.1 Å². The van der Waals surface area contributed by atoms with E-state index in [4.69, 9.17) is 4.74 Å². The minimum Gasteiger partial charge on any atom is -0.497 e. The Hall–Kier alpha value is -0.590. The largest absolute Gasteiger partial charge is 0.497 e. The van der Waals surface area contributed by atoms with E-state index in [1.807, 2.05) is 25.2 Å². The summed E-state index contributed by atoms with van der Waals surface area (Å²) in [6.45, 7) is 0. The summed E-state index contributed by atoms with van der Waals surface area (Å²) in [7, 11) is 0.605. The van der Waals surface area contributed by atoms with Gasteiger partial charge in [-0.25, -0.2) is 8.42 Å². The van der Waals surface area contributed by atoms with Crippen LogP contribution in [0.3, 0.4) is 0 Å². The number of hydrogen-bond acceptors (Lipinski definition) is 4. The quantitative estimate of drug-likeness (QED) is 0.821. The van der Waals surface area contributed by atoms with Gasteiger partial charge in [-0.1, -0.05) is 15.9 Å². The minimum absolute atomic E-state index is 0.103. The zero-order valence-corrected chi connectivity index (χ0v) is 13.8. The highest BCUT2D eigenvalue weighted by molar-refractivity contribution is 9.10. The highest BCUT2D eigenvalue weighted by Gasteiger charge is 2.14. The Morgan fingerprint density at radius 3 is 2.63 bits per heavy atom. The summed E-state index contributed by atoms with van der Waals surface area (Å²) >= 11 is 3.52. The van der Waals surface area contributed by atoms with E-state index in [-0.39, 0.29) is 11.8 Å². The number of ether oxygens (including phenoxy) is 1. The lowest BCUT2D eigenvalue weighted by atomic mass is 10.0. The van der Waals surface area contributed by atoms with Crippen molar-refractivity contribution in [3.63, 3.8) is 0 Å². The molecule has 0 bridgehead atoms. The highest BCUT2D eigenvalue weighted by Crippen LogP contribution is 2.30. The molecule has 0 spiro atoms. The average molecular weight is 350 g/mol. The first-order valence-corrected chi connectivity index (χ1v) is 8.91. The van der Waals surface area contributed by atoms with Crippen LogP contribution >= 0.6 is 15.9 Å². The molecule has 0 aliphatic carbocycles. The molecule has 0 aliphatic heterocycles. The first kappa shape index (κ1) is 16.5. The maximum Gasteiger partial charge on any atom is 0.147 e. The van der Waals surface area contributed by atoms with Crippen LogP contribution in [0.1, 0.15) is 24.4 Å². The number of halogens is 1. The Bertz CT molecular complexity index is 517. The lowest BCUT2D eigenvalue weighted by Gasteiger charge is -2.18. The van der Waals surface area contributed by atoms with E-state index in [1.54, 1.807) is 7.11 Å². The number of methoxy groups -OCH3 is 1. The van der Waals surface area contributed by atoms with Gasteiger partial charge in [0.1, 0.15) is 15.6 Å². The third-order valence-corrected chi connectivity index (χ3v) is 4.69. The van der Waals surface area contributed by atoms with E-state index < -0.39 is 9.84 Å². The predicted molar refractivity (Wildman–Crippen MR) is 81.4 cm³/mol. The summed E-state index contributed by atoms with van der Waals surface area (Å²) in [4.78, 5) is 0. The first-order chi connectivity index (χ1) is 8.87. The molecule has 19 heavy (non-hydrogen) atoms. The summed E-state index contributed by atoms with van der Waals surface area (Å²) in [5, 5.41) is 3.22. The molecule has 6 heteroatoms. The molecule has 0 saturated heterocycles. The number of hydrogen-bond donors (Lipinski definition) is 1. The third kappa shape index (κ3) is 5.50. The van der Waals surface area contributed by atoms with Gasteiger partial charge >= 0.3 is 0 Å². The fourth-order valence-corrected chi connectivity index (χ4v) is 3.13. The molecule has 4 nitrogen and oxygen atoms in total. The lowest BCUT2D eigenvalue weighted by Crippen LogP contribution is -2.18. The molecule has 0 amide bonds. The molecule has 0 radical (unpaired) electrons. The molecule has 1 unspecified atom stereocenters. The van der Waals surface area contributed by atoms with Crippen LogP contribution in [-0.4, -0.2) is 34.6 Å². The van der Waals surface area contributed by atoms with Crippen LogP contribution in [0.25, 0.3) is 0 Å². The monoisotopic (exact) mass is 349 g/mol. The molecule has 1 N–H and O–H groups in total. The number of nitrogens with one attached hydrogen (secondary N) is 1. The molecule has 1 aromatic carbocycles. The summed E-state index contributed by atoms with van der Waals surface area (Å²) in [5.41, 5.74) is 1.08. The standard InChI is InChI=1S/C13H20BrNO3S/c1-15-13(5-4-8-19(3,16)17)11-9-10(18-2)6-7-12(11)14/h6-7,9,13,15H,4-5,8H2,1-3H3. The normalized spacial score (nSPS) is 13.3. The van der Waals surface area contributed by atoms with Crippen LogP contribution in [0, 0.1) is 0 Å². The Labute approximate surface area is 123 Å². The highest BCUT2D eigenvalue weighted by atomic mass is 79.9. The van der Waals surface area contributed by atoms with Gasteiger partial charge in [-0.05, 0) is 43.7 Å². The molecule has 1 atom stereocenters. The summed E-state index contributed by atoms with van der Waals surface area (Å²) in [5.74, 6) is 1.01. The third-order valence-electron chi connectivity index (χ3n) is 2.93. The second kappa shape index (κ2) is 7.26. The van der Waals surface area contributed by atoms with Crippen LogP contribution in [-0.2, 0) is 9.84 Å². The predicted octanol–water partition coefficient (Wildman–Crippen LogP) is 2.54. The first-order valence-electron chi connectivity index (χ1n) is 6.06. The Balaban J connectivity index is 2.79. The maximum absolute atomic E-state index is 11.2. The Kier molecular flexibility index (Phi) is 6.29. The van der Waals surface area contributed by atoms with Crippen LogP contribution in [0.15, 0.2) is 22.7 Å². The van der Waals surface area contributed by atoms with E-state index in [0.29, 0.717) is 6.42 Å². The molecule has 0 saturated carbocycles. The maximum atomic E-state index is 11.2. The lowest BCUT2D eigenvalue weighted by molar-refractivity contribution is 0.412. The van der Waals surface area contributed by atoms with E-state index in [0.717, 1.165) is 22.2 Å². The summed E-state index contributed by atoms with van der Waals surface area (Å²) < 4.78 is 28.5. The molecule has 1 aromatic rings. The van der Waals surface area contributed by atoms with Gasteiger partial charge in [0.05, 0.1) is 7.11 Å². The van der Waals surface area contributed by atoms with Crippen molar-refractivity contribution in [3.05, 3.63) is 28.2 Å². The van der Waals surface area contributed by atoms with Crippen molar-refractivity contribution >= 4 is 25.8 Å². The van der Waals surface area contributed by atoms with Gasteiger partial charge < -0.3 is 10.1 Å². The van der Waals surface area contributed by atoms with Gasteiger partial charge in [-0.15, -0.1) is 0 Å². The van der Waals surface area contributed by atoms with Crippen LogP contribution in [0.2, 0.25) is 0 Å². The number of rotatable bonds is 7. The van der Waals surface area contributed by atoms with Crippen LogP contribution in [0.4, 0.5) is 0 Å². The van der Waals surface area contributed by atoms with Crippen molar-refractivity contribution in [3.8, 4) is 5.75 Å². The van der Waals surface area contributed by atoms with Gasteiger partial charge in [0, 0.05) is 22.5 Å². The molecule has 108 valence electrons. The van der Waals surface area contributed by atoms with E-state index in [9.17, 15) is 8.42 Å². The Morgan fingerprint density at radius 1 is 1.42 bits per heavy atom. The fourth-order valence-electron chi connectivity index (χ4n) is 1.92. The van der Waals surface area contributed by atoms with Crippen molar-refractivity contribution in [2.75, 3.05) is 26.2 Å². The van der Waals surface area contributed by atoms with Gasteiger partial charge in [-0.3, -0.25) is 0 Å². The van der Waals surface area contributed by atoms with Crippen molar-refractivity contribution in [1.29, 1.82) is 0 Å². The van der Waals surface area contributed by atoms with Crippen molar-refractivity contribution in [2.45, 2.75) is 18.9 Å². The second-order valence-corrected chi connectivity index (χ2v) is 7.61.